The van der Waals surface area contributed by atoms with Crippen molar-refractivity contribution in [2.45, 2.75) is 30.4 Å². The molecule has 0 aliphatic carbocycles. The monoisotopic (exact) mass is 495 g/mol. The second-order valence-electron chi connectivity index (χ2n) is 8.43. The van der Waals surface area contributed by atoms with Gasteiger partial charge in [0.25, 0.3) is 5.56 Å². The van der Waals surface area contributed by atoms with Crippen LogP contribution in [0.2, 0.25) is 0 Å². The van der Waals surface area contributed by atoms with Crippen molar-refractivity contribution in [2.24, 2.45) is 0 Å². The van der Waals surface area contributed by atoms with E-state index in [1.807, 2.05) is 103 Å². The molecule has 2 aromatic heterocycles. The van der Waals surface area contributed by atoms with Crippen molar-refractivity contribution in [1.29, 1.82) is 0 Å². The summed E-state index contributed by atoms with van der Waals surface area (Å²) in [6, 6.07) is 29.4. The first kappa shape index (κ1) is 23.6. The van der Waals surface area contributed by atoms with Gasteiger partial charge in [-0.1, -0.05) is 90.6 Å². The lowest BCUT2D eigenvalue weighted by atomic mass is 10.1. The van der Waals surface area contributed by atoms with E-state index in [-0.39, 0.29) is 11.5 Å². The van der Waals surface area contributed by atoms with Gasteiger partial charge in [-0.3, -0.25) is 9.59 Å². The number of amides is 1. The van der Waals surface area contributed by atoms with Crippen LogP contribution in [0.25, 0.3) is 16.7 Å². The van der Waals surface area contributed by atoms with Crippen molar-refractivity contribution in [2.75, 3.05) is 0 Å². The van der Waals surface area contributed by atoms with Gasteiger partial charge in [-0.15, -0.1) is 0 Å². The number of hydrogen-bond donors (Lipinski definition) is 1. The number of thioether (sulfide) groups is 1. The molecule has 1 amide bonds. The van der Waals surface area contributed by atoms with E-state index in [9.17, 15) is 9.59 Å². The molecule has 0 aliphatic rings. The molecule has 0 unspecified atom stereocenters. The Hall–Kier alpha value is -4.17. The van der Waals surface area contributed by atoms with Crippen molar-refractivity contribution in [3.05, 3.63) is 119 Å². The standard InChI is InChI=1S/C28H25N5O2S/c1-20(27(35)32(18-21-11-5-2-6-12-21)19-22-13-7-3-8-14-22)36-28-30-25-24(26(34)31-28)17-29-33(25)23-15-9-4-10-16-23/h2-17,20H,18-19H2,1H3,(H,30,31,34)/t20-/m0/s1. The molecule has 1 atom stereocenters. The minimum atomic E-state index is -0.467. The second kappa shape index (κ2) is 10.6. The summed E-state index contributed by atoms with van der Waals surface area (Å²) in [5.74, 6) is -0.0352. The van der Waals surface area contributed by atoms with Crippen LogP contribution < -0.4 is 5.56 Å². The average molecular weight is 496 g/mol. The lowest BCUT2D eigenvalue weighted by molar-refractivity contribution is -0.131. The average Bonchev–Trinajstić information content (AvgIpc) is 3.34. The summed E-state index contributed by atoms with van der Waals surface area (Å²) in [7, 11) is 0. The Bertz CT molecular complexity index is 1480. The Morgan fingerprint density at radius 1 is 0.917 bits per heavy atom. The number of benzene rings is 3. The summed E-state index contributed by atoms with van der Waals surface area (Å²) in [5, 5.41) is 4.67. The van der Waals surface area contributed by atoms with E-state index in [1.54, 1.807) is 4.68 Å². The third-order valence-corrected chi connectivity index (χ3v) is 6.77. The molecule has 0 radical (unpaired) electrons. The fourth-order valence-corrected chi connectivity index (χ4v) is 4.88. The van der Waals surface area contributed by atoms with Gasteiger partial charge in [0, 0.05) is 13.1 Å². The highest BCUT2D eigenvalue weighted by Gasteiger charge is 2.24. The fourth-order valence-electron chi connectivity index (χ4n) is 4.01. The Balaban J connectivity index is 1.41. The number of rotatable bonds is 8. The molecule has 3 aromatic carbocycles. The number of hydrogen-bond acceptors (Lipinski definition) is 5. The Kier molecular flexibility index (Phi) is 6.95. The van der Waals surface area contributed by atoms with Crippen molar-refractivity contribution in [3.63, 3.8) is 0 Å². The first-order valence-corrected chi connectivity index (χ1v) is 12.5. The highest BCUT2D eigenvalue weighted by molar-refractivity contribution is 8.00. The fraction of sp³-hybridized carbons (Fsp3) is 0.143. The summed E-state index contributed by atoms with van der Waals surface area (Å²) in [6.45, 7) is 2.82. The number of aromatic nitrogens is 4. The molecule has 0 aliphatic heterocycles. The minimum absolute atomic E-state index is 0.0352. The van der Waals surface area contributed by atoms with Crippen LogP contribution in [0.4, 0.5) is 0 Å². The van der Waals surface area contributed by atoms with Gasteiger partial charge >= 0.3 is 0 Å². The summed E-state index contributed by atoms with van der Waals surface area (Å²) < 4.78 is 1.64. The quantitative estimate of drug-likeness (QED) is 0.247. The molecule has 8 heteroatoms. The molecule has 5 rings (SSSR count). The predicted molar refractivity (Wildman–Crippen MR) is 142 cm³/mol. The summed E-state index contributed by atoms with van der Waals surface area (Å²) in [6.07, 6.45) is 1.51. The van der Waals surface area contributed by atoms with Crippen LogP contribution in [0.15, 0.2) is 107 Å². The van der Waals surface area contributed by atoms with Gasteiger partial charge < -0.3 is 9.88 Å². The number of nitrogens with zero attached hydrogens (tertiary/aromatic N) is 4. The van der Waals surface area contributed by atoms with Crippen LogP contribution in [0.1, 0.15) is 18.1 Å². The Morgan fingerprint density at radius 2 is 1.47 bits per heavy atom. The molecule has 0 saturated carbocycles. The number of para-hydroxylation sites is 1. The van der Waals surface area contributed by atoms with Crippen molar-refractivity contribution in [3.8, 4) is 5.69 Å². The van der Waals surface area contributed by atoms with Crippen LogP contribution in [-0.4, -0.2) is 35.8 Å². The SMILES string of the molecule is C[C@H](Sc1nc2c(cnn2-c2ccccc2)c(=O)[nH]1)C(=O)N(Cc1ccccc1)Cc1ccccc1. The number of H-pyrrole nitrogens is 1. The predicted octanol–water partition coefficient (Wildman–Crippen LogP) is 4.82. The van der Waals surface area contributed by atoms with Crippen molar-refractivity contribution >= 4 is 28.7 Å². The normalized spacial score (nSPS) is 11.9. The van der Waals surface area contributed by atoms with Gasteiger partial charge in [-0.2, -0.15) is 5.10 Å². The smallest absolute Gasteiger partial charge is 0.262 e. The van der Waals surface area contributed by atoms with Crippen LogP contribution in [0.3, 0.4) is 0 Å². The number of carbonyl (C=O) groups excluding carboxylic acids is 1. The van der Waals surface area contributed by atoms with E-state index in [2.05, 4.69) is 15.1 Å². The van der Waals surface area contributed by atoms with Gasteiger partial charge in [-0.25, -0.2) is 9.67 Å². The number of fused-ring (bicyclic) bond motifs is 1. The largest absolute Gasteiger partial charge is 0.333 e. The van der Waals surface area contributed by atoms with E-state index >= 15 is 0 Å². The van der Waals surface area contributed by atoms with Crippen LogP contribution in [0.5, 0.6) is 0 Å². The van der Waals surface area contributed by atoms with E-state index in [4.69, 9.17) is 0 Å². The molecule has 0 fully saturated rings. The number of aromatic amines is 1. The zero-order valence-corrected chi connectivity index (χ0v) is 20.6. The van der Waals surface area contributed by atoms with E-state index in [0.717, 1.165) is 16.8 Å². The number of nitrogens with one attached hydrogen (secondary N) is 1. The summed E-state index contributed by atoms with van der Waals surface area (Å²) in [5.41, 5.74) is 3.09. The van der Waals surface area contributed by atoms with Crippen molar-refractivity contribution in [1.82, 2.24) is 24.6 Å². The zero-order valence-electron chi connectivity index (χ0n) is 19.7. The van der Waals surface area contributed by atoms with Gasteiger partial charge in [0.2, 0.25) is 5.91 Å². The third kappa shape index (κ3) is 5.23. The van der Waals surface area contributed by atoms with Crippen LogP contribution in [0, 0.1) is 0 Å². The topological polar surface area (TPSA) is 83.9 Å². The maximum absolute atomic E-state index is 13.6. The molecule has 7 nitrogen and oxygen atoms in total. The highest BCUT2D eigenvalue weighted by atomic mass is 32.2. The van der Waals surface area contributed by atoms with E-state index in [0.29, 0.717) is 29.3 Å². The maximum Gasteiger partial charge on any atom is 0.262 e. The molecular weight excluding hydrogens is 470 g/mol. The van der Waals surface area contributed by atoms with Gasteiger partial charge in [0.05, 0.1) is 17.1 Å². The summed E-state index contributed by atoms with van der Waals surface area (Å²) in [4.78, 5) is 35.7. The molecule has 1 N–H and O–H groups in total. The molecule has 5 aromatic rings. The van der Waals surface area contributed by atoms with E-state index in [1.165, 1.54) is 18.0 Å². The molecule has 2 heterocycles. The molecule has 36 heavy (non-hydrogen) atoms. The van der Waals surface area contributed by atoms with E-state index < -0.39 is 5.25 Å². The first-order valence-electron chi connectivity index (χ1n) is 11.7. The first-order chi connectivity index (χ1) is 17.6. The molecule has 180 valence electrons. The van der Waals surface area contributed by atoms with Crippen LogP contribution >= 0.6 is 11.8 Å². The molecule has 0 saturated heterocycles. The molecular formula is C28H25N5O2S. The molecule has 0 spiro atoms. The Morgan fingerprint density at radius 3 is 2.06 bits per heavy atom. The van der Waals surface area contributed by atoms with Crippen LogP contribution in [-0.2, 0) is 17.9 Å². The maximum atomic E-state index is 13.6. The zero-order chi connectivity index (χ0) is 24.9. The second-order valence-corrected chi connectivity index (χ2v) is 9.76. The lowest BCUT2D eigenvalue weighted by Gasteiger charge is -2.26. The highest BCUT2D eigenvalue weighted by Crippen LogP contribution is 2.24. The third-order valence-electron chi connectivity index (χ3n) is 5.80. The minimum Gasteiger partial charge on any atom is -0.333 e. The number of carbonyl (C=O) groups is 1. The van der Waals surface area contributed by atoms with Gasteiger partial charge in [0.15, 0.2) is 10.8 Å². The van der Waals surface area contributed by atoms with Gasteiger partial charge in [0.1, 0.15) is 5.39 Å². The molecule has 0 bridgehead atoms. The van der Waals surface area contributed by atoms with Gasteiger partial charge in [-0.05, 0) is 30.2 Å². The lowest BCUT2D eigenvalue weighted by Crippen LogP contribution is -2.35. The van der Waals surface area contributed by atoms with Crippen molar-refractivity contribution < 1.29 is 4.79 Å². The summed E-state index contributed by atoms with van der Waals surface area (Å²) >= 11 is 1.24. The Labute approximate surface area is 212 Å².